The first-order valence-electron chi connectivity index (χ1n) is 8.27. The molecule has 0 aliphatic carbocycles. The summed E-state index contributed by atoms with van der Waals surface area (Å²) >= 11 is 0. The summed E-state index contributed by atoms with van der Waals surface area (Å²) in [6.07, 6.45) is -0.760. The molecule has 0 fully saturated rings. The summed E-state index contributed by atoms with van der Waals surface area (Å²) in [6.45, 7) is 4.80. The quantitative estimate of drug-likeness (QED) is 0.672. The summed E-state index contributed by atoms with van der Waals surface area (Å²) < 4.78 is 16.0. The predicted octanol–water partition coefficient (Wildman–Crippen LogP) is 3.06. The molecule has 0 bridgehead atoms. The minimum atomic E-state index is -0.760. The van der Waals surface area contributed by atoms with E-state index < -0.39 is 12.1 Å². The number of aliphatic hydroxyl groups excluding tert-OH is 1. The van der Waals surface area contributed by atoms with Crippen LogP contribution >= 0.6 is 0 Å². The third-order valence-electron chi connectivity index (χ3n) is 4.25. The van der Waals surface area contributed by atoms with Gasteiger partial charge in [-0.3, -0.25) is 9.59 Å². The minimum Gasteiger partial charge on any atom is -0.492 e. The molecule has 0 radical (unpaired) electrons. The molecule has 1 heterocycles. The highest BCUT2D eigenvalue weighted by molar-refractivity contribution is 5.70. The van der Waals surface area contributed by atoms with Gasteiger partial charge in [0.15, 0.2) is 0 Å². The summed E-state index contributed by atoms with van der Waals surface area (Å²) in [6, 6.07) is 10.3. The van der Waals surface area contributed by atoms with Crippen molar-refractivity contribution in [2.45, 2.75) is 32.8 Å². The van der Waals surface area contributed by atoms with Gasteiger partial charge >= 0.3 is 11.9 Å². The molecular weight excluding hydrogens is 336 g/mol. The zero-order chi connectivity index (χ0) is 18.8. The Morgan fingerprint density at radius 3 is 2.27 bits per heavy atom. The van der Waals surface area contributed by atoms with Crippen LogP contribution in [0, 0.1) is 6.92 Å². The van der Waals surface area contributed by atoms with Crippen molar-refractivity contribution in [3.63, 3.8) is 0 Å². The van der Waals surface area contributed by atoms with Crippen molar-refractivity contribution in [1.82, 2.24) is 0 Å². The number of ether oxygens (including phenoxy) is 3. The van der Waals surface area contributed by atoms with Gasteiger partial charge in [-0.25, -0.2) is 0 Å². The number of esters is 2. The van der Waals surface area contributed by atoms with E-state index in [0.717, 1.165) is 11.1 Å². The first-order chi connectivity index (χ1) is 12.3. The highest BCUT2D eigenvalue weighted by Gasteiger charge is 2.32. The van der Waals surface area contributed by atoms with Crippen LogP contribution in [0.4, 0.5) is 0 Å². The number of aliphatic hydroxyl groups is 1. The van der Waals surface area contributed by atoms with E-state index in [4.69, 9.17) is 14.2 Å². The molecule has 2 atom stereocenters. The minimum absolute atomic E-state index is 0.257. The lowest BCUT2D eigenvalue weighted by Gasteiger charge is -2.32. The van der Waals surface area contributed by atoms with Gasteiger partial charge < -0.3 is 19.3 Å². The van der Waals surface area contributed by atoms with Gasteiger partial charge in [0, 0.05) is 31.4 Å². The number of carbonyl (C=O) groups is 2. The molecule has 0 amide bonds. The van der Waals surface area contributed by atoms with Crippen molar-refractivity contribution in [1.29, 1.82) is 0 Å². The smallest absolute Gasteiger partial charge is 0.308 e. The normalized spacial score (nSPS) is 18.5. The van der Waals surface area contributed by atoms with Gasteiger partial charge in [-0.1, -0.05) is 12.1 Å². The van der Waals surface area contributed by atoms with E-state index in [1.165, 1.54) is 13.8 Å². The van der Waals surface area contributed by atoms with E-state index in [0.29, 0.717) is 22.8 Å². The molecule has 136 valence electrons. The lowest BCUT2D eigenvalue weighted by atomic mass is 9.85. The average Bonchev–Trinajstić information content (AvgIpc) is 2.54. The lowest BCUT2D eigenvalue weighted by molar-refractivity contribution is -0.132. The highest BCUT2D eigenvalue weighted by atomic mass is 16.5. The summed E-state index contributed by atoms with van der Waals surface area (Å²) in [5.41, 5.74) is 2.34. The molecule has 1 aliphatic heterocycles. The molecule has 0 unspecified atom stereocenters. The van der Waals surface area contributed by atoms with Gasteiger partial charge in [0.25, 0.3) is 0 Å². The highest BCUT2D eigenvalue weighted by Crippen LogP contribution is 2.44. The largest absolute Gasteiger partial charge is 0.492 e. The second kappa shape index (κ2) is 7.17. The second-order valence-electron chi connectivity index (χ2n) is 6.27. The van der Waals surface area contributed by atoms with Gasteiger partial charge in [-0.15, -0.1) is 0 Å². The molecule has 1 N–H and O–H groups in total. The fourth-order valence-corrected chi connectivity index (χ4v) is 3.16. The summed E-state index contributed by atoms with van der Waals surface area (Å²) in [5, 5.41) is 10.9. The Morgan fingerprint density at radius 2 is 1.65 bits per heavy atom. The topological polar surface area (TPSA) is 82.1 Å². The molecule has 0 aromatic heterocycles. The zero-order valence-corrected chi connectivity index (χ0v) is 14.8. The van der Waals surface area contributed by atoms with E-state index >= 15 is 0 Å². The number of aryl methyl sites for hydroxylation is 1. The van der Waals surface area contributed by atoms with Gasteiger partial charge in [-0.2, -0.15) is 0 Å². The van der Waals surface area contributed by atoms with E-state index in [-0.39, 0.29) is 18.5 Å². The van der Waals surface area contributed by atoms with E-state index in [9.17, 15) is 14.7 Å². The van der Waals surface area contributed by atoms with Gasteiger partial charge in [-0.05, 0) is 36.2 Å². The van der Waals surface area contributed by atoms with Crippen molar-refractivity contribution in [2.24, 2.45) is 0 Å². The molecular formula is C20H20O6. The predicted molar refractivity (Wildman–Crippen MR) is 93.4 cm³/mol. The number of hydrogen-bond acceptors (Lipinski definition) is 6. The summed E-state index contributed by atoms with van der Waals surface area (Å²) in [5.74, 6) is 0.312. The second-order valence-corrected chi connectivity index (χ2v) is 6.27. The molecule has 0 spiro atoms. The molecule has 0 saturated carbocycles. The summed E-state index contributed by atoms with van der Waals surface area (Å²) in [7, 11) is 0. The van der Waals surface area contributed by atoms with Gasteiger partial charge in [0.05, 0.1) is 12.7 Å². The van der Waals surface area contributed by atoms with Crippen molar-refractivity contribution in [3.05, 3.63) is 53.1 Å². The molecule has 2 aromatic carbocycles. The van der Waals surface area contributed by atoms with Crippen molar-refractivity contribution in [3.8, 4) is 17.2 Å². The molecule has 3 rings (SSSR count). The van der Waals surface area contributed by atoms with Crippen LogP contribution in [0.2, 0.25) is 0 Å². The van der Waals surface area contributed by atoms with Crippen LogP contribution in [0.3, 0.4) is 0 Å². The maximum atomic E-state index is 11.1. The third-order valence-corrected chi connectivity index (χ3v) is 4.25. The van der Waals surface area contributed by atoms with Gasteiger partial charge in [0.1, 0.15) is 17.2 Å². The number of benzene rings is 2. The average molecular weight is 356 g/mol. The van der Waals surface area contributed by atoms with E-state index in [1.54, 1.807) is 24.3 Å². The van der Waals surface area contributed by atoms with Gasteiger partial charge in [0.2, 0.25) is 0 Å². The maximum Gasteiger partial charge on any atom is 0.308 e. The van der Waals surface area contributed by atoms with E-state index in [2.05, 4.69) is 0 Å². The molecule has 26 heavy (non-hydrogen) atoms. The first kappa shape index (κ1) is 17.9. The van der Waals surface area contributed by atoms with Crippen molar-refractivity contribution >= 4 is 11.9 Å². The molecule has 1 aliphatic rings. The third kappa shape index (κ3) is 3.70. The van der Waals surface area contributed by atoms with Crippen LogP contribution in [0.15, 0.2) is 36.4 Å². The van der Waals surface area contributed by atoms with Crippen molar-refractivity contribution < 1.29 is 28.9 Å². The van der Waals surface area contributed by atoms with Crippen LogP contribution in [-0.2, 0) is 9.59 Å². The van der Waals surface area contributed by atoms with Crippen LogP contribution in [0.1, 0.15) is 42.6 Å². The molecule has 6 heteroatoms. The van der Waals surface area contributed by atoms with Crippen LogP contribution < -0.4 is 14.2 Å². The fraction of sp³-hybridized carbons (Fsp3) is 0.300. The molecule has 6 nitrogen and oxygen atoms in total. The zero-order valence-electron chi connectivity index (χ0n) is 14.8. The van der Waals surface area contributed by atoms with Crippen LogP contribution in [0.5, 0.6) is 17.2 Å². The number of fused-ring (bicyclic) bond motifs is 1. The Hall–Kier alpha value is -2.86. The van der Waals surface area contributed by atoms with E-state index in [1.807, 2.05) is 19.1 Å². The van der Waals surface area contributed by atoms with Crippen LogP contribution in [0.25, 0.3) is 0 Å². The number of rotatable bonds is 3. The lowest BCUT2D eigenvalue weighted by Crippen LogP contribution is -2.25. The Kier molecular flexibility index (Phi) is 4.95. The number of carbonyl (C=O) groups excluding carboxylic acids is 2. The standard InChI is InChI=1S/C20H20O6/c1-11-8-16(26-13(3)22)9-18-19(11)20(23)17(10-24-18)14-4-6-15(7-5-14)25-12(2)21/h4-9,17,20,23H,10H2,1-3H3/t17-,20-/m0/s1. The Bertz CT molecular complexity index is 840. The molecule has 0 saturated heterocycles. The monoisotopic (exact) mass is 356 g/mol. The number of hydrogen-bond donors (Lipinski definition) is 1. The maximum absolute atomic E-state index is 11.1. The summed E-state index contributed by atoms with van der Waals surface area (Å²) in [4.78, 5) is 22.2. The van der Waals surface area contributed by atoms with Crippen LogP contribution in [-0.4, -0.2) is 23.7 Å². The Balaban J connectivity index is 1.86. The molecule has 2 aromatic rings. The first-order valence-corrected chi connectivity index (χ1v) is 8.27. The Labute approximate surface area is 151 Å². The van der Waals surface area contributed by atoms with Crippen molar-refractivity contribution in [2.75, 3.05) is 6.61 Å². The Morgan fingerprint density at radius 1 is 1.04 bits per heavy atom. The fourth-order valence-electron chi connectivity index (χ4n) is 3.16. The SMILES string of the molecule is CC(=O)Oc1ccc([C@@H]2COc3cc(OC(C)=O)cc(C)c3[C@H]2O)cc1.